The van der Waals surface area contributed by atoms with Crippen molar-refractivity contribution in [1.29, 1.82) is 0 Å². The lowest BCUT2D eigenvalue weighted by Gasteiger charge is -2.47. The minimum atomic E-state index is -0.466. The van der Waals surface area contributed by atoms with Gasteiger partial charge in [0.25, 0.3) is 6.71 Å². The molecule has 11 aromatic carbocycles. The molecule has 2 aliphatic heterocycles. The van der Waals surface area contributed by atoms with Gasteiger partial charge in [0.1, 0.15) is 0 Å². The van der Waals surface area contributed by atoms with Crippen molar-refractivity contribution in [3.05, 3.63) is 267 Å². The van der Waals surface area contributed by atoms with Crippen molar-refractivity contribution in [2.24, 2.45) is 0 Å². The monoisotopic (exact) mass is 1500 g/mol. The molecule has 0 spiro atoms. The van der Waals surface area contributed by atoms with E-state index < -0.39 is 18.2 Å². The highest BCUT2D eigenvalue weighted by Crippen LogP contribution is 2.58. The van der Waals surface area contributed by atoms with Gasteiger partial charge in [-0.3, -0.25) is 0 Å². The number of fused-ring (bicyclic) bond motifs is 4. The summed E-state index contributed by atoms with van der Waals surface area (Å²) in [5.74, 6) is 0. The van der Waals surface area contributed by atoms with E-state index in [9.17, 15) is 5.48 Å². The lowest BCUT2D eigenvalue weighted by atomic mass is 9.33. The second-order valence-corrected chi connectivity index (χ2v) is 44.6. The summed E-state index contributed by atoms with van der Waals surface area (Å²) >= 11 is 0. The van der Waals surface area contributed by atoms with E-state index in [-0.39, 0.29) is 83.9 Å². The zero-order chi connectivity index (χ0) is 87.1. The molecule has 0 saturated carbocycles. The van der Waals surface area contributed by atoms with E-state index in [2.05, 4.69) is 408 Å². The van der Waals surface area contributed by atoms with E-state index in [1.165, 1.54) is 72.3 Å². The van der Waals surface area contributed by atoms with Crippen LogP contribution in [-0.2, 0) is 59.6 Å². The molecule has 0 aliphatic carbocycles. The van der Waals surface area contributed by atoms with Gasteiger partial charge in [0.2, 0.25) is 0 Å². The van der Waals surface area contributed by atoms with E-state index in [1.807, 2.05) is 6.07 Å². The molecule has 2 heterocycles. The van der Waals surface area contributed by atoms with Crippen molar-refractivity contribution in [2.45, 2.75) is 288 Å². The van der Waals surface area contributed by atoms with Crippen LogP contribution in [-0.4, -0.2) is 6.71 Å². The predicted octanol–water partition coefficient (Wildman–Crippen LogP) is 30.0. The molecule has 586 valence electrons. The first-order valence-corrected chi connectivity index (χ1v) is 41.8. The molecule has 2 aliphatic rings. The maximum absolute atomic E-state index is 9.87. The molecule has 0 aromatic heterocycles. The highest BCUT2D eigenvalue weighted by molar-refractivity contribution is 7.00. The molecule has 0 bridgehead atoms. The van der Waals surface area contributed by atoms with Crippen molar-refractivity contribution >= 4 is 57.2 Å². The number of anilines is 6. The van der Waals surface area contributed by atoms with Crippen LogP contribution in [0.25, 0.3) is 66.8 Å². The van der Waals surface area contributed by atoms with Crippen molar-refractivity contribution in [3.8, 4) is 66.8 Å². The zero-order valence-electron chi connectivity index (χ0n) is 80.2. The molecule has 0 fully saturated rings. The van der Waals surface area contributed by atoms with Gasteiger partial charge in [-0.1, -0.05) is 386 Å². The first kappa shape index (κ1) is 75.4. The van der Waals surface area contributed by atoms with Crippen LogP contribution in [0.3, 0.4) is 0 Å². The first-order valence-electron chi connectivity index (χ1n) is 44.3. The van der Waals surface area contributed by atoms with Crippen molar-refractivity contribution in [3.63, 3.8) is 0 Å². The van der Waals surface area contributed by atoms with Crippen LogP contribution >= 0.6 is 0 Å². The average molecular weight is 1500 g/mol. The number of benzene rings is 11. The maximum atomic E-state index is 9.87. The van der Waals surface area contributed by atoms with E-state index in [0.717, 1.165) is 95.0 Å². The predicted molar refractivity (Wildman–Crippen MR) is 499 cm³/mol. The van der Waals surface area contributed by atoms with Gasteiger partial charge >= 0.3 is 0 Å². The highest BCUT2D eigenvalue weighted by atomic mass is 15.2. The molecule has 11 aromatic rings. The smallest absolute Gasteiger partial charge is 0.252 e. The molecule has 2 nitrogen and oxygen atoms in total. The Bertz CT molecular complexity index is 5680. The number of hydrogen-bond donors (Lipinski definition) is 0. The van der Waals surface area contributed by atoms with Gasteiger partial charge in [-0.15, -0.1) is 0 Å². The number of hydrogen-bond acceptors (Lipinski definition) is 2. The molecule has 0 atom stereocenters. The Morgan fingerprint density at radius 3 is 0.982 bits per heavy atom. The van der Waals surface area contributed by atoms with Gasteiger partial charge < -0.3 is 9.80 Å². The van der Waals surface area contributed by atoms with Crippen molar-refractivity contribution in [2.75, 3.05) is 9.80 Å². The molecule has 0 saturated heterocycles. The SMILES string of the molecule is [2H]c1c([2H])c([2H])c(-c2ccc3c(c2)N(c2c(-c4ccc(C(C)(C)C)cc4)cc(C(C)(C)C)cc2-c2c(C(C)(C)C)cccc2C(C)(C)C)c2cc(C(C)(C)C)cc4c2B3c2ccc(-c3cc(C(C)(C)C)cc(C(C)(C)C)c3)cc2N4c2cc(-c3ccc(C(C)(C)C)cc3)c(C(C)(C)C)cc2-c2c(C(C)(C)C)cccc2C(C)(C)C)c([2H])c1[2H]. The van der Waals surface area contributed by atoms with E-state index in [4.69, 9.17) is 1.37 Å². The average Bonchev–Trinajstić information content (AvgIpc) is 0.682. The molecule has 0 radical (unpaired) electrons. The van der Waals surface area contributed by atoms with Gasteiger partial charge in [-0.25, -0.2) is 0 Å². The van der Waals surface area contributed by atoms with Crippen LogP contribution < -0.4 is 26.2 Å². The molecule has 113 heavy (non-hydrogen) atoms. The summed E-state index contributed by atoms with van der Waals surface area (Å²) in [4.78, 5) is 5.34. The minimum absolute atomic E-state index is 0.0741. The van der Waals surface area contributed by atoms with Crippen LogP contribution in [0.15, 0.2) is 206 Å². The summed E-state index contributed by atoms with van der Waals surface area (Å²) in [6.07, 6.45) is 0. The maximum Gasteiger partial charge on any atom is 0.252 e. The van der Waals surface area contributed by atoms with E-state index >= 15 is 0 Å². The Morgan fingerprint density at radius 1 is 0.230 bits per heavy atom. The highest BCUT2D eigenvalue weighted by Gasteiger charge is 2.48. The third kappa shape index (κ3) is 15.7. The second-order valence-electron chi connectivity index (χ2n) is 44.6. The van der Waals surface area contributed by atoms with Gasteiger partial charge in [0, 0.05) is 39.4 Å². The summed E-state index contributed by atoms with van der Waals surface area (Å²) in [6.45, 7) is 77.1. The Kier molecular flexibility index (Phi) is 18.7. The number of rotatable bonds is 8. The topological polar surface area (TPSA) is 6.48 Å². The lowest BCUT2D eigenvalue weighted by molar-refractivity contribution is 0.569. The summed E-state index contributed by atoms with van der Waals surface area (Å²) in [6, 6.07) is 67.7. The van der Waals surface area contributed by atoms with Gasteiger partial charge in [0.05, 0.1) is 18.2 Å². The quantitative estimate of drug-likeness (QED) is 0.140. The van der Waals surface area contributed by atoms with Crippen molar-refractivity contribution in [1.82, 2.24) is 0 Å². The van der Waals surface area contributed by atoms with E-state index in [1.54, 1.807) is 0 Å². The molecule has 0 amide bonds. The Hall–Kier alpha value is -8.92. The molecule has 13 rings (SSSR count). The number of nitrogens with zero attached hydrogens (tertiary/aromatic N) is 2. The molecule has 0 N–H and O–H groups in total. The summed E-state index contributed by atoms with van der Waals surface area (Å²) in [5, 5.41) is 0. The van der Waals surface area contributed by atoms with Gasteiger partial charge in [-0.05, 0) is 236 Å². The normalized spacial score (nSPS) is 14.6. The van der Waals surface area contributed by atoms with Crippen LogP contribution in [0.2, 0.25) is 0 Å². The first-order chi connectivity index (χ1) is 54.1. The summed E-state index contributed by atoms with van der Waals surface area (Å²) in [5.41, 5.74) is 32.2. The largest absolute Gasteiger partial charge is 0.311 e. The lowest BCUT2D eigenvalue weighted by Crippen LogP contribution is -2.61. The van der Waals surface area contributed by atoms with Crippen molar-refractivity contribution < 1.29 is 6.85 Å². The minimum Gasteiger partial charge on any atom is -0.311 e. The van der Waals surface area contributed by atoms with Crippen LogP contribution in [0.4, 0.5) is 34.1 Å². The molecular formula is C110H133BN2. The van der Waals surface area contributed by atoms with E-state index in [0.29, 0.717) is 5.56 Å². The van der Waals surface area contributed by atoms with Crippen LogP contribution in [0.5, 0.6) is 0 Å². The standard InChI is InChI=1S/C110H133BN2/c1-100(2,3)74-51-45-69(46-52-74)80-67-91(82(66-88(80)110(31,32)33)96-84(106(19,20)21)41-37-42-85(96)107(22,23)24)112-92-60-72(73-57-76(102(7,8)9)61-77(58-73)103(10,11)12)50-56-89(92)111-90-55-49-71(68-39-35-34-36-40-68)59-93(90)113(95-65-79(105(16,17)18)64-94(112)98(95)111)99-81(70-47-53-75(54-48-70)101(4,5)6)62-78(104(13,14)15)63-83(99)97-86(108(25,26)27)43-38-44-87(97)109(28,29)30/h34-67H,1-33H3/i34D,35D,36D,39D,40D. The fraction of sp³-hybridized carbons (Fsp3) is 0.400. The summed E-state index contributed by atoms with van der Waals surface area (Å²) in [7, 11) is 0. The third-order valence-electron chi connectivity index (χ3n) is 24.1. The fourth-order valence-corrected chi connectivity index (χ4v) is 17.3. The van der Waals surface area contributed by atoms with Crippen LogP contribution in [0.1, 0.15) is 297 Å². The van der Waals surface area contributed by atoms with Crippen LogP contribution in [0, 0.1) is 0 Å². The van der Waals surface area contributed by atoms with Gasteiger partial charge in [-0.2, -0.15) is 0 Å². The zero-order valence-corrected chi connectivity index (χ0v) is 75.2. The fourth-order valence-electron chi connectivity index (χ4n) is 17.3. The molecule has 0 unspecified atom stereocenters. The second kappa shape index (κ2) is 27.9. The Labute approximate surface area is 691 Å². The molecular weight excluding hydrogens is 1360 g/mol. The Balaban J connectivity index is 1.34. The molecule has 3 heteroatoms. The Morgan fingerprint density at radius 2 is 0.575 bits per heavy atom. The summed E-state index contributed by atoms with van der Waals surface area (Å²) < 4.78 is 47.4. The van der Waals surface area contributed by atoms with Gasteiger partial charge in [0.15, 0.2) is 0 Å². The third-order valence-corrected chi connectivity index (χ3v) is 24.1.